The van der Waals surface area contributed by atoms with Crippen LogP contribution in [0, 0.1) is 0 Å². The molecule has 0 saturated carbocycles. The van der Waals surface area contributed by atoms with Crippen molar-refractivity contribution >= 4 is 17.5 Å². The zero-order chi connectivity index (χ0) is 14.2. The summed E-state index contributed by atoms with van der Waals surface area (Å²) in [4.78, 5) is 10.9. The monoisotopic (exact) mass is 298 g/mol. The molecule has 0 radical (unpaired) electrons. The summed E-state index contributed by atoms with van der Waals surface area (Å²) in [5.41, 5.74) is 0. The van der Waals surface area contributed by atoms with Crippen LogP contribution in [0.15, 0.2) is 6.20 Å². The van der Waals surface area contributed by atoms with Gasteiger partial charge in [0.05, 0.1) is 6.20 Å². The van der Waals surface area contributed by atoms with Crippen molar-refractivity contribution in [3.8, 4) is 5.88 Å². The lowest BCUT2D eigenvalue weighted by Gasteiger charge is -2.26. The van der Waals surface area contributed by atoms with Crippen molar-refractivity contribution in [3.63, 3.8) is 0 Å². The Kier molecular flexibility index (Phi) is 6.33. The van der Waals surface area contributed by atoms with Gasteiger partial charge in [-0.15, -0.1) is 0 Å². The van der Waals surface area contributed by atoms with Crippen molar-refractivity contribution in [2.45, 2.75) is 32.6 Å². The van der Waals surface area contributed by atoms with Crippen LogP contribution in [0.2, 0.25) is 5.02 Å². The molecule has 6 heteroatoms. The van der Waals surface area contributed by atoms with Crippen LogP contribution in [-0.2, 0) is 0 Å². The first-order chi connectivity index (χ1) is 9.79. The summed E-state index contributed by atoms with van der Waals surface area (Å²) >= 11 is 6.06. The maximum Gasteiger partial charge on any atom is 0.237 e. The number of ether oxygens (including phenoxy) is 1. The van der Waals surface area contributed by atoms with Crippen LogP contribution in [0.3, 0.4) is 0 Å². The predicted octanol–water partition coefficient (Wildman–Crippen LogP) is 2.82. The molecule has 0 amide bonds. The van der Waals surface area contributed by atoms with Crippen molar-refractivity contribution < 1.29 is 4.74 Å². The lowest BCUT2D eigenvalue weighted by Crippen LogP contribution is -2.33. The number of aromatic nitrogens is 2. The van der Waals surface area contributed by atoms with Crippen LogP contribution in [0.4, 0.5) is 5.95 Å². The van der Waals surface area contributed by atoms with Crippen molar-refractivity contribution in [1.29, 1.82) is 0 Å². The molecule has 112 valence electrons. The molecule has 2 heterocycles. The largest absolute Gasteiger partial charge is 0.475 e. The third kappa shape index (κ3) is 4.80. The summed E-state index contributed by atoms with van der Waals surface area (Å²) in [6.45, 7) is 6.82. The minimum Gasteiger partial charge on any atom is -0.475 e. The Bertz CT molecular complexity index is 410. The van der Waals surface area contributed by atoms with E-state index in [1.165, 1.54) is 32.4 Å². The first-order valence-electron chi connectivity index (χ1n) is 7.41. The molecule has 2 rings (SSSR count). The number of piperidine rings is 1. The number of nitrogens with zero attached hydrogens (tertiary/aromatic N) is 3. The standard InChI is InChI=1S/C14H23ClN4O/c1-2-6-16-14-17-11-12(15)13(18-14)20-10-9-19-7-4-3-5-8-19/h11H,2-10H2,1H3,(H,16,17,18). The quantitative estimate of drug-likeness (QED) is 0.839. The fourth-order valence-corrected chi connectivity index (χ4v) is 2.37. The number of likely N-dealkylation sites (tertiary alicyclic amines) is 1. The van der Waals surface area contributed by atoms with Gasteiger partial charge in [-0.2, -0.15) is 4.98 Å². The highest BCUT2D eigenvalue weighted by molar-refractivity contribution is 6.31. The van der Waals surface area contributed by atoms with Gasteiger partial charge in [-0.3, -0.25) is 4.90 Å². The minimum absolute atomic E-state index is 0.464. The second-order valence-electron chi connectivity index (χ2n) is 5.02. The second-order valence-corrected chi connectivity index (χ2v) is 5.43. The van der Waals surface area contributed by atoms with Gasteiger partial charge in [0.25, 0.3) is 0 Å². The Labute approximate surface area is 125 Å². The van der Waals surface area contributed by atoms with E-state index in [1.54, 1.807) is 6.20 Å². The van der Waals surface area contributed by atoms with Gasteiger partial charge in [-0.25, -0.2) is 4.98 Å². The van der Waals surface area contributed by atoms with E-state index in [2.05, 4.69) is 27.1 Å². The Morgan fingerprint density at radius 3 is 2.90 bits per heavy atom. The summed E-state index contributed by atoms with van der Waals surface area (Å²) in [6.07, 6.45) is 6.54. The van der Waals surface area contributed by atoms with Crippen LogP contribution in [-0.4, -0.2) is 47.7 Å². The molecule has 1 aromatic rings. The van der Waals surface area contributed by atoms with Gasteiger partial charge in [-0.1, -0.05) is 24.9 Å². The molecular weight excluding hydrogens is 276 g/mol. The van der Waals surface area contributed by atoms with Gasteiger partial charge in [-0.05, 0) is 32.4 Å². The molecule has 0 aromatic carbocycles. The zero-order valence-electron chi connectivity index (χ0n) is 12.1. The van der Waals surface area contributed by atoms with Gasteiger partial charge < -0.3 is 10.1 Å². The fourth-order valence-electron chi connectivity index (χ4n) is 2.23. The van der Waals surface area contributed by atoms with Crippen molar-refractivity contribution in [2.75, 3.05) is 38.1 Å². The van der Waals surface area contributed by atoms with Gasteiger partial charge in [0.1, 0.15) is 11.6 Å². The molecule has 1 aliphatic rings. The normalized spacial score (nSPS) is 16.1. The molecule has 1 aromatic heterocycles. The van der Waals surface area contributed by atoms with E-state index in [-0.39, 0.29) is 0 Å². The first-order valence-corrected chi connectivity index (χ1v) is 7.79. The van der Waals surface area contributed by atoms with Crippen molar-refractivity contribution in [2.24, 2.45) is 0 Å². The molecule has 0 bridgehead atoms. The van der Waals surface area contributed by atoms with Crippen LogP contribution < -0.4 is 10.1 Å². The number of rotatable bonds is 7. The highest BCUT2D eigenvalue weighted by atomic mass is 35.5. The van der Waals surface area contributed by atoms with Gasteiger partial charge in [0.15, 0.2) is 0 Å². The molecule has 0 unspecified atom stereocenters. The third-order valence-electron chi connectivity index (χ3n) is 3.34. The molecule has 1 aliphatic heterocycles. The van der Waals surface area contributed by atoms with Gasteiger partial charge in [0, 0.05) is 13.1 Å². The summed E-state index contributed by atoms with van der Waals surface area (Å²) < 4.78 is 5.70. The molecular formula is C14H23ClN4O. The molecule has 1 saturated heterocycles. The molecule has 1 fully saturated rings. The fraction of sp³-hybridized carbons (Fsp3) is 0.714. The van der Waals surface area contributed by atoms with Crippen LogP contribution in [0.5, 0.6) is 5.88 Å². The average molecular weight is 299 g/mol. The first kappa shape index (κ1) is 15.3. The smallest absolute Gasteiger partial charge is 0.237 e. The molecule has 20 heavy (non-hydrogen) atoms. The molecule has 0 spiro atoms. The predicted molar refractivity (Wildman–Crippen MR) is 81.6 cm³/mol. The minimum atomic E-state index is 0.464. The summed E-state index contributed by atoms with van der Waals surface area (Å²) in [6, 6.07) is 0. The van der Waals surface area contributed by atoms with E-state index in [0.29, 0.717) is 23.5 Å². The number of hydrogen-bond acceptors (Lipinski definition) is 5. The van der Waals surface area contributed by atoms with Gasteiger partial charge in [0.2, 0.25) is 11.8 Å². The van der Waals surface area contributed by atoms with Crippen molar-refractivity contribution in [3.05, 3.63) is 11.2 Å². The van der Waals surface area contributed by atoms with E-state index in [0.717, 1.165) is 19.5 Å². The van der Waals surface area contributed by atoms with Crippen LogP contribution >= 0.6 is 11.6 Å². The van der Waals surface area contributed by atoms with Gasteiger partial charge >= 0.3 is 0 Å². The topological polar surface area (TPSA) is 50.3 Å². The molecule has 5 nitrogen and oxygen atoms in total. The zero-order valence-corrected chi connectivity index (χ0v) is 12.8. The molecule has 0 atom stereocenters. The Hall–Kier alpha value is -1.07. The van der Waals surface area contributed by atoms with E-state index in [1.807, 2.05) is 0 Å². The maximum absolute atomic E-state index is 6.06. The third-order valence-corrected chi connectivity index (χ3v) is 3.60. The maximum atomic E-state index is 6.06. The lowest BCUT2D eigenvalue weighted by molar-refractivity contribution is 0.180. The second kappa shape index (κ2) is 8.27. The molecule has 0 aliphatic carbocycles. The molecule has 1 N–H and O–H groups in total. The highest BCUT2D eigenvalue weighted by Crippen LogP contribution is 2.21. The number of halogens is 1. The van der Waals surface area contributed by atoms with E-state index in [4.69, 9.17) is 16.3 Å². The van der Waals surface area contributed by atoms with E-state index >= 15 is 0 Å². The van der Waals surface area contributed by atoms with Crippen LogP contribution in [0.1, 0.15) is 32.6 Å². The average Bonchev–Trinajstić information content (AvgIpc) is 2.49. The van der Waals surface area contributed by atoms with E-state index in [9.17, 15) is 0 Å². The number of anilines is 1. The summed E-state index contributed by atoms with van der Waals surface area (Å²) in [7, 11) is 0. The SMILES string of the molecule is CCCNc1ncc(Cl)c(OCCN2CCCCC2)n1. The summed E-state index contributed by atoms with van der Waals surface area (Å²) in [5.74, 6) is 1.04. The lowest BCUT2D eigenvalue weighted by atomic mass is 10.1. The Balaban J connectivity index is 1.81. The van der Waals surface area contributed by atoms with Crippen molar-refractivity contribution in [1.82, 2.24) is 14.9 Å². The highest BCUT2D eigenvalue weighted by Gasteiger charge is 2.11. The Morgan fingerprint density at radius 1 is 1.35 bits per heavy atom. The Morgan fingerprint density at radius 2 is 2.15 bits per heavy atom. The van der Waals surface area contributed by atoms with E-state index < -0.39 is 0 Å². The van der Waals surface area contributed by atoms with Crippen LogP contribution in [0.25, 0.3) is 0 Å². The number of nitrogens with one attached hydrogen (secondary N) is 1. The summed E-state index contributed by atoms with van der Waals surface area (Å²) in [5, 5.41) is 3.59. The number of hydrogen-bond donors (Lipinski definition) is 1.